The van der Waals surface area contributed by atoms with E-state index in [0.29, 0.717) is 4.34 Å². The molecule has 0 radical (unpaired) electrons. The lowest BCUT2D eigenvalue weighted by Crippen LogP contribution is -2.09. The Morgan fingerprint density at radius 3 is 2.73 bits per heavy atom. The van der Waals surface area contributed by atoms with Crippen LogP contribution in [0.25, 0.3) is 0 Å². The first-order valence-electron chi connectivity index (χ1n) is 2.76. The summed E-state index contributed by atoms with van der Waals surface area (Å²) in [5.74, 6) is -1.29. The SMILES string of the molecule is O=C(O)C(O)c1ccsc1Cl. The molecule has 1 aromatic rings. The van der Waals surface area contributed by atoms with Gasteiger partial charge in [-0.2, -0.15) is 0 Å². The van der Waals surface area contributed by atoms with Gasteiger partial charge in [0.25, 0.3) is 0 Å². The van der Waals surface area contributed by atoms with E-state index in [0.717, 1.165) is 0 Å². The van der Waals surface area contributed by atoms with Crippen LogP contribution >= 0.6 is 22.9 Å². The van der Waals surface area contributed by atoms with Gasteiger partial charge in [0.2, 0.25) is 0 Å². The summed E-state index contributed by atoms with van der Waals surface area (Å²) in [6.07, 6.45) is -1.51. The van der Waals surface area contributed by atoms with Gasteiger partial charge < -0.3 is 10.2 Å². The molecule has 2 N–H and O–H groups in total. The first-order valence-corrected chi connectivity index (χ1v) is 4.02. The molecule has 0 aromatic carbocycles. The van der Waals surface area contributed by atoms with Gasteiger partial charge in [0.1, 0.15) is 0 Å². The van der Waals surface area contributed by atoms with Crippen LogP contribution in [0, 0.1) is 0 Å². The predicted molar refractivity (Wildman–Crippen MR) is 41.9 cm³/mol. The number of thiophene rings is 1. The van der Waals surface area contributed by atoms with Gasteiger partial charge in [-0.3, -0.25) is 0 Å². The number of rotatable bonds is 2. The summed E-state index contributed by atoms with van der Waals surface area (Å²) in [5, 5.41) is 19.0. The number of halogens is 1. The first-order chi connectivity index (χ1) is 5.13. The number of carboxylic acid groups (broad SMARTS) is 1. The Morgan fingerprint density at radius 1 is 1.73 bits per heavy atom. The maximum Gasteiger partial charge on any atom is 0.337 e. The second kappa shape index (κ2) is 3.21. The van der Waals surface area contributed by atoms with Gasteiger partial charge >= 0.3 is 5.97 Å². The third-order valence-electron chi connectivity index (χ3n) is 1.17. The van der Waals surface area contributed by atoms with Crippen LogP contribution in [0.15, 0.2) is 11.4 Å². The van der Waals surface area contributed by atoms with Gasteiger partial charge in [0, 0.05) is 5.56 Å². The summed E-state index contributed by atoms with van der Waals surface area (Å²) in [7, 11) is 0. The summed E-state index contributed by atoms with van der Waals surface area (Å²) in [4.78, 5) is 10.2. The molecule has 0 saturated carbocycles. The molecule has 0 amide bonds. The summed E-state index contributed by atoms with van der Waals surface area (Å²) in [6.45, 7) is 0. The molecule has 0 aliphatic heterocycles. The highest BCUT2D eigenvalue weighted by Crippen LogP contribution is 2.28. The lowest BCUT2D eigenvalue weighted by atomic mass is 10.2. The van der Waals surface area contributed by atoms with Gasteiger partial charge in [0.15, 0.2) is 6.10 Å². The highest BCUT2D eigenvalue weighted by atomic mass is 35.5. The monoisotopic (exact) mass is 192 g/mol. The van der Waals surface area contributed by atoms with Crippen LogP contribution in [0.4, 0.5) is 0 Å². The Bertz CT molecular complexity index is 271. The van der Waals surface area contributed by atoms with Gasteiger partial charge in [-0.25, -0.2) is 4.79 Å². The highest BCUT2D eigenvalue weighted by molar-refractivity contribution is 7.14. The number of aliphatic carboxylic acids is 1. The van der Waals surface area contributed by atoms with Gasteiger partial charge in [-0.05, 0) is 11.4 Å². The fraction of sp³-hybridized carbons (Fsp3) is 0.167. The zero-order chi connectivity index (χ0) is 8.43. The second-order valence-electron chi connectivity index (χ2n) is 1.89. The van der Waals surface area contributed by atoms with Crippen LogP contribution in [-0.2, 0) is 4.79 Å². The Morgan fingerprint density at radius 2 is 2.36 bits per heavy atom. The minimum Gasteiger partial charge on any atom is -0.479 e. The summed E-state index contributed by atoms with van der Waals surface area (Å²) < 4.78 is 0.319. The van der Waals surface area contributed by atoms with Crippen LogP contribution in [0.5, 0.6) is 0 Å². The van der Waals surface area contributed by atoms with E-state index >= 15 is 0 Å². The quantitative estimate of drug-likeness (QED) is 0.747. The van der Waals surface area contributed by atoms with Crippen LogP contribution in [-0.4, -0.2) is 16.2 Å². The Balaban J connectivity index is 2.92. The van der Waals surface area contributed by atoms with Crippen molar-refractivity contribution in [3.63, 3.8) is 0 Å². The topological polar surface area (TPSA) is 57.5 Å². The average Bonchev–Trinajstić information content (AvgIpc) is 2.33. The standard InChI is InChI=1S/C6H5ClO3S/c7-5-3(1-2-11-5)4(8)6(9)10/h1-2,4,8H,(H,9,10). The highest BCUT2D eigenvalue weighted by Gasteiger charge is 2.19. The number of hydrogen-bond acceptors (Lipinski definition) is 3. The molecule has 1 atom stereocenters. The fourth-order valence-corrected chi connectivity index (χ4v) is 1.60. The van der Waals surface area contributed by atoms with Gasteiger partial charge in [0.05, 0.1) is 4.34 Å². The van der Waals surface area contributed by atoms with E-state index in [1.54, 1.807) is 5.38 Å². The summed E-state index contributed by atoms with van der Waals surface area (Å²) >= 11 is 6.77. The number of hydrogen-bond donors (Lipinski definition) is 2. The van der Waals surface area contributed by atoms with E-state index in [4.69, 9.17) is 21.8 Å². The number of aliphatic hydroxyl groups is 1. The Labute approximate surface area is 71.9 Å². The van der Waals surface area contributed by atoms with Crippen molar-refractivity contribution < 1.29 is 15.0 Å². The molecule has 1 aromatic heterocycles. The van der Waals surface area contributed by atoms with E-state index in [-0.39, 0.29) is 5.56 Å². The largest absolute Gasteiger partial charge is 0.479 e. The zero-order valence-corrected chi connectivity index (χ0v) is 6.89. The second-order valence-corrected chi connectivity index (χ2v) is 3.41. The predicted octanol–water partition coefficient (Wildman–Crippen LogP) is 1.52. The van der Waals surface area contributed by atoms with Crippen molar-refractivity contribution in [2.75, 3.05) is 0 Å². The minimum atomic E-state index is -1.51. The molecule has 0 fully saturated rings. The van der Waals surface area contributed by atoms with E-state index in [1.807, 2.05) is 0 Å². The van der Waals surface area contributed by atoms with Crippen molar-refractivity contribution in [3.8, 4) is 0 Å². The van der Waals surface area contributed by atoms with Crippen molar-refractivity contribution in [2.24, 2.45) is 0 Å². The van der Waals surface area contributed by atoms with E-state index in [2.05, 4.69) is 0 Å². The third kappa shape index (κ3) is 1.71. The third-order valence-corrected chi connectivity index (χ3v) is 2.37. The number of carboxylic acids is 1. The number of aliphatic hydroxyl groups excluding tert-OH is 1. The molecule has 0 bridgehead atoms. The molecule has 1 heterocycles. The van der Waals surface area contributed by atoms with Crippen molar-refractivity contribution in [3.05, 3.63) is 21.3 Å². The average molecular weight is 193 g/mol. The maximum absolute atomic E-state index is 10.2. The maximum atomic E-state index is 10.2. The first kappa shape index (κ1) is 8.52. The molecular formula is C6H5ClO3S. The van der Waals surface area contributed by atoms with Crippen LogP contribution in [0.1, 0.15) is 11.7 Å². The minimum absolute atomic E-state index is 0.254. The van der Waals surface area contributed by atoms with Gasteiger partial charge in [-0.15, -0.1) is 11.3 Å². The van der Waals surface area contributed by atoms with Crippen molar-refractivity contribution >= 4 is 28.9 Å². The summed E-state index contributed by atoms with van der Waals surface area (Å²) in [5.41, 5.74) is 0.254. The smallest absolute Gasteiger partial charge is 0.337 e. The van der Waals surface area contributed by atoms with Crippen LogP contribution in [0.3, 0.4) is 0 Å². The molecule has 0 spiro atoms. The fourth-order valence-electron chi connectivity index (χ4n) is 0.632. The van der Waals surface area contributed by atoms with E-state index in [9.17, 15) is 4.79 Å². The molecule has 0 aliphatic rings. The lowest BCUT2D eigenvalue weighted by molar-refractivity contribution is -0.146. The molecule has 0 saturated heterocycles. The Kier molecular flexibility index (Phi) is 2.49. The molecule has 5 heteroatoms. The van der Waals surface area contributed by atoms with E-state index < -0.39 is 12.1 Å². The summed E-state index contributed by atoms with van der Waals surface area (Å²) in [6, 6.07) is 1.49. The van der Waals surface area contributed by atoms with Crippen molar-refractivity contribution in [1.82, 2.24) is 0 Å². The molecule has 1 rings (SSSR count). The van der Waals surface area contributed by atoms with Crippen molar-refractivity contribution in [1.29, 1.82) is 0 Å². The number of carbonyl (C=O) groups is 1. The molecule has 0 aliphatic carbocycles. The molecule has 3 nitrogen and oxygen atoms in total. The molecule has 1 unspecified atom stereocenters. The molecule has 60 valence electrons. The Hall–Kier alpha value is -0.580. The van der Waals surface area contributed by atoms with Gasteiger partial charge in [-0.1, -0.05) is 11.6 Å². The molecule has 11 heavy (non-hydrogen) atoms. The van der Waals surface area contributed by atoms with E-state index in [1.165, 1.54) is 17.4 Å². The normalized spacial score (nSPS) is 12.9. The van der Waals surface area contributed by atoms with Crippen molar-refractivity contribution in [2.45, 2.75) is 6.10 Å². The van der Waals surface area contributed by atoms with Crippen LogP contribution < -0.4 is 0 Å². The zero-order valence-electron chi connectivity index (χ0n) is 5.32. The lowest BCUT2D eigenvalue weighted by Gasteiger charge is -2.01. The van der Waals surface area contributed by atoms with Crippen LogP contribution in [0.2, 0.25) is 4.34 Å². The molecular weight excluding hydrogens is 188 g/mol.